The number of fused-ring (bicyclic) bond motifs is 1. The van der Waals surface area contributed by atoms with Crippen molar-refractivity contribution in [3.63, 3.8) is 0 Å². The van der Waals surface area contributed by atoms with Gasteiger partial charge in [-0.25, -0.2) is 9.78 Å². The zero-order chi connectivity index (χ0) is 24.3. The number of pyridine rings is 2. The van der Waals surface area contributed by atoms with Crippen molar-refractivity contribution in [2.24, 2.45) is 5.16 Å². The molecule has 0 unspecified atom stereocenters. The van der Waals surface area contributed by atoms with E-state index in [1.165, 1.54) is 39.7 Å². The van der Waals surface area contributed by atoms with Gasteiger partial charge in [-0.3, -0.25) is 0 Å². The van der Waals surface area contributed by atoms with Crippen LogP contribution in [0, 0.1) is 0 Å². The summed E-state index contributed by atoms with van der Waals surface area (Å²) in [5.41, 5.74) is -1.49. The largest absolute Gasteiger partial charge is 0.477 e. The van der Waals surface area contributed by atoms with Gasteiger partial charge in [0.15, 0.2) is 11.3 Å². The van der Waals surface area contributed by atoms with Crippen LogP contribution >= 0.6 is 11.6 Å². The van der Waals surface area contributed by atoms with Crippen LogP contribution < -0.4 is 15.0 Å². The Morgan fingerprint density at radius 3 is 2.74 bits per heavy atom. The monoisotopic (exact) mass is 489 g/mol. The van der Waals surface area contributed by atoms with Crippen molar-refractivity contribution in [2.75, 3.05) is 0 Å². The number of rotatable bonds is 6. The van der Waals surface area contributed by atoms with Gasteiger partial charge in [0.25, 0.3) is 11.5 Å². The fourth-order valence-electron chi connectivity index (χ4n) is 3.36. The Labute approximate surface area is 196 Å². The smallest absolute Gasteiger partial charge is 0.416 e. The average Bonchev–Trinajstić information content (AvgIpc) is 2.82. The Balaban J connectivity index is 1.68. The quantitative estimate of drug-likeness (QED) is 0.187. The molecule has 1 N–H and O–H groups in total. The Bertz CT molecular complexity index is 1420. The summed E-state index contributed by atoms with van der Waals surface area (Å²) in [6.45, 7) is 0.164. The molecule has 3 heterocycles. The summed E-state index contributed by atoms with van der Waals surface area (Å²) in [5.74, 6) is -0.0774. The molecule has 0 atom stereocenters. The molecule has 34 heavy (non-hydrogen) atoms. The summed E-state index contributed by atoms with van der Waals surface area (Å²) in [6, 6.07) is 12.3. The van der Waals surface area contributed by atoms with E-state index in [0.717, 1.165) is 12.1 Å². The van der Waals surface area contributed by atoms with Crippen LogP contribution in [0.4, 0.5) is 13.2 Å². The molecule has 0 aliphatic carbocycles. The van der Waals surface area contributed by atoms with Crippen LogP contribution in [-0.2, 0) is 12.7 Å². The van der Waals surface area contributed by atoms with E-state index in [1.54, 1.807) is 30.3 Å². The molecule has 0 aliphatic rings. The second-order valence-electron chi connectivity index (χ2n) is 7.15. The van der Waals surface area contributed by atoms with Crippen LogP contribution in [0.5, 0.6) is 11.6 Å². The minimum absolute atomic E-state index is 0.0448. The van der Waals surface area contributed by atoms with Gasteiger partial charge < -0.3 is 9.94 Å². The zero-order valence-corrected chi connectivity index (χ0v) is 18.2. The Morgan fingerprint density at radius 1 is 1.18 bits per heavy atom. The molecule has 1 aromatic carbocycles. The molecule has 0 fully saturated rings. The van der Waals surface area contributed by atoms with E-state index in [-0.39, 0.29) is 24.1 Å². The molecule has 0 aliphatic heterocycles. The number of aromatic hydroxyl groups is 1. The SMILES string of the molecule is O=c1c(-c2cccc(C(F)(F)F)c2)c(O)[n+](CC/C=N/Oc2ccc(Cl)nc2)c2ccccn12. The number of alkyl halides is 3. The number of hydrogen-bond donors (Lipinski definition) is 1. The molecule has 0 saturated heterocycles. The first kappa shape index (κ1) is 23.2. The second kappa shape index (κ2) is 9.52. The fourth-order valence-corrected chi connectivity index (χ4v) is 3.48. The maximum atomic E-state index is 13.2. The summed E-state index contributed by atoms with van der Waals surface area (Å²) in [6.07, 6.45) is 0.0262. The Morgan fingerprint density at radius 2 is 2.00 bits per heavy atom. The highest BCUT2D eigenvalue weighted by molar-refractivity contribution is 6.29. The van der Waals surface area contributed by atoms with Gasteiger partial charge in [-0.1, -0.05) is 35.0 Å². The molecule has 4 rings (SSSR count). The van der Waals surface area contributed by atoms with Gasteiger partial charge >= 0.3 is 11.7 Å². The van der Waals surface area contributed by atoms with Crippen molar-refractivity contribution in [3.05, 3.63) is 88.1 Å². The average molecular weight is 490 g/mol. The third-order valence-electron chi connectivity index (χ3n) is 4.92. The molecule has 4 aromatic rings. The lowest BCUT2D eigenvalue weighted by molar-refractivity contribution is -0.678. The molecule has 0 radical (unpaired) electrons. The van der Waals surface area contributed by atoms with E-state index < -0.39 is 23.2 Å². The number of aryl methyl sites for hydroxylation is 1. The molecule has 7 nitrogen and oxygen atoms in total. The van der Waals surface area contributed by atoms with Crippen LogP contribution in [-0.4, -0.2) is 20.7 Å². The van der Waals surface area contributed by atoms with Crippen molar-refractivity contribution < 1.29 is 27.7 Å². The van der Waals surface area contributed by atoms with Crippen molar-refractivity contribution in [1.29, 1.82) is 0 Å². The normalized spacial score (nSPS) is 11.9. The van der Waals surface area contributed by atoms with Crippen LogP contribution in [0.25, 0.3) is 16.8 Å². The number of halogens is 4. The first-order valence-electron chi connectivity index (χ1n) is 10.00. The van der Waals surface area contributed by atoms with Gasteiger partial charge in [-0.05, 0) is 35.9 Å². The maximum absolute atomic E-state index is 13.2. The lowest BCUT2D eigenvalue weighted by Crippen LogP contribution is -2.41. The van der Waals surface area contributed by atoms with Crippen molar-refractivity contribution >= 4 is 23.5 Å². The number of nitrogens with zero attached hydrogens (tertiary/aromatic N) is 4. The predicted molar refractivity (Wildman–Crippen MR) is 119 cm³/mol. The summed E-state index contributed by atoms with van der Waals surface area (Å²) >= 11 is 5.71. The lowest BCUT2D eigenvalue weighted by atomic mass is 10.0. The van der Waals surface area contributed by atoms with Gasteiger partial charge in [-0.15, -0.1) is 0 Å². The van der Waals surface area contributed by atoms with Crippen LogP contribution in [0.3, 0.4) is 0 Å². The molecule has 0 bridgehead atoms. The van der Waals surface area contributed by atoms with Crippen molar-refractivity contribution in [1.82, 2.24) is 9.38 Å². The third-order valence-corrected chi connectivity index (χ3v) is 5.14. The van der Waals surface area contributed by atoms with Gasteiger partial charge in [0, 0.05) is 18.7 Å². The molecule has 174 valence electrons. The topological polar surface area (TPSA) is 80.1 Å². The Hall–Kier alpha value is -3.92. The van der Waals surface area contributed by atoms with Gasteiger partial charge in [-0.2, -0.15) is 22.1 Å². The first-order valence-corrected chi connectivity index (χ1v) is 10.4. The van der Waals surface area contributed by atoms with Crippen molar-refractivity contribution in [3.8, 4) is 22.8 Å². The van der Waals surface area contributed by atoms with Crippen LogP contribution in [0.1, 0.15) is 12.0 Å². The van der Waals surface area contributed by atoms with Gasteiger partial charge in [0.2, 0.25) is 0 Å². The standard InChI is InChI=1S/C23H16ClF3N4O3/c24-18-9-8-17(14-28-18)34-29-10-4-12-31-19-7-1-2-11-30(19)21(32)20(22(31)33)15-5-3-6-16(13-15)23(25,26)27/h1-3,5-11,13-14H,4,12H2/p+1/b29-10+. The zero-order valence-electron chi connectivity index (χ0n) is 17.4. The molecule has 3 aromatic heterocycles. The van der Waals surface area contributed by atoms with Crippen LogP contribution in [0.2, 0.25) is 5.15 Å². The summed E-state index contributed by atoms with van der Waals surface area (Å²) in [5, 5.41) is 15.1. The number of aromatic nitrogens is 3. The second-order valence-corrected chi connectivity index (χ2v) is 7.53. The van der Waals surface area contributed by atoms with E-state index in [9.17, 15) is 23.1 Å². The lowest BCUT2D eigenvalue weighted by Gasteiger charge is -2.11. The molecule has 0 amide bonds. The number of oxime groups is 1. The van der Waals surface area contributed by atoms with E-state index in [4.69, 9.17) is 16.4 Å². The minimum Gasteiger partial charge on any atom is -0.477 e. The maximum Gasteiger partial charge on any atom is 0.416 e. The fraction of sp³-hybridized carbons (Fsp3) is 0.130. The van der Waals surface area contributed by atoms with E-state index in [1.807, 2.05) is 0 Å². The number of benzene rings is 1. The molecular weight excluding hydrogens is 473 g/mol. The highest BCUT2D eigenvalue weighted by Crippen LogP contribution is 2.33. The number of hydrogen-bond acceptors (Lipinski definition) is 5. The molecule has 0 saturated carbocycles. The predicted octanol–water partition coefficient (Wildman–Crippen LogP) is 4.48. The summed E-state index contributed by atoms with van der Waals surface area (Å²) in [7, 11) is 0. The molecule has 0 spiro atoms. The first-order chi connectivity index (χ1) is 16.3. The highest BCUT2D eigenvalue weighted by Gasteiger charge is 2.32. The van der Waals surface area contributed by atoms with E-state index in [2.05, 4.69) is 10.1 Å². The molecule has 11 heteroatoms. The van der Waals surface area contributed by atoms with E-state index in [0.29, 0.717) is 16.5 Å². The molecular formula is C23H17ClF3N4O3+. The third kappa shape index (κ3) is 4.86. The van der Waals surface area contributed by atoms with Crippen molar-refractivity contribution in [2.45, 2.75) is 19.1 Å². The van der Waals surface area contributed by atoms with Gasteiger partial charge in [0.05, 0.1) is 24.5 Å². The van der Waals surface area contributed by atoms with Gasteiger partial charge in [0.1, 0.15) is 5.15 Å². The van der Waals surface area contributed by atoms with E-state index >= 15 is 0 Å². The summed E-state index contributed by atoms with van der Waals surface area (Å²) in [4.78, 5) is 22.1. The highest BCUT2D eigenvalue weighted by atomic mass is 35.5. The Kier molecular flexibility index (Phi) is 6.51. The minimum atomic E-state index is -4.59. The van der Waals surface area contributed by atoms with Crippen LogP contribution in [0.15, 0.2) is 76.9 Å². The summed E-state index contributed by atoms with van der Waals surface area (Å²) < 4.78 is 42.3.